The number of aliphatic carboxylic acids is 2. The Kier molecular flexibility index (Phi) is 28.8. The second kappa shape index (κ2) is 32.6. The molecule has 0 bridgehead atoms. The van der Waals surface area contributed by atoms with E-state index in [1.165, 1.54) is 13.8 Å². The maximum absolute atomic E-state index is 14.1. The van der Waals surface area contributed by atoms with Crippen LogP contribution in [0, 0.1) is 11.8 Å². The quantitative estimate of drug-likeness (QED) is 0.0167. The van der Waals surface area contributed by atoms with Crippen LogP contribution in [0.15, 0.2) is 4.99 Å². The summed E-state index contributed by atoms with van der Waals surface area (Å²) in [7, 11) is 0. The minimum absolute atomic E-state index is 0.0211. The molecule has 0 aromatic heterocycles. The van der Waals surface area contributed by atoms with Crippen molar-refractivity contribution in [3.63, 3.8) is 0 Å². The van der Waals surface area contributed by atoms with E-state index in [2.05, 4.69) is 52.8 Å². The van der Waals surface area contributed by atoms with Crippen molar-refractivity contribution in [3.05, 3.63) is 0 Å². The summed E-state index contributed by atoms with van der Waals surface area (Å²) >= 11 is 0. The third-order valence-electron chi connectivity index (χ3n) is 11.2. The fraction of sp³-hybridized carbons (Fsp3) is 0.750. The molecule has 0 radical (unpaired) electrons. The number of amides is 8. The number of carbonyl (C=O) groups is 10. The highest BCUT2D eigenvalue weighted by Gasteiger charge is 2.35. The molecule has 0 spiro atoms. The van der Waals surface area contributed by atoms with E-state index < -0.39 is 120 Å². The van der Waals surface area contributed by atoms with Gasteiger partial charge >= 0.3 is 11.9 Å². The van der Waals surface area contributed by atoms with E-state index in [1.54, 1.807) is 27.7 Å². The number of hydrogen-bond acceptors (Lipinski definition) is 14. The Bertz CT molecular complexity index is 1790. The predicted octanol–water partition coefficient (Wildman–Crippen LogP) is -3.77. The topological polar surface area (TPSA) is 436 Å². The molecule has 0 aliphatic carbocycles. The van der Waals surface area contributed by atoms with Crippen LogP contribution in [-0.2, 0) is 47.9 Å². The highest BCUT2D eigenvalue weighted by atomic mass is 16.4. The number of nitrogens with two attached hydrogens (primary N) is 4. The molecule has 19 N–H and O–H groups in total. The smallest absolute Gasteiger partial charge is 0.326 e. The van der Waals surface area contributed by atoms with Crippen LogP contribution in [0.1, 0.15) is 119 Å². The van der Waals surface area contributed by atoms with Crippen molar-refractivity contribution >= 4 is 65.2 Å². The average Bonchev–Trinajstić information content (AvgIpc) is 3.83. The van der Waals surface area contributed by atoms with Gasteiger partial charge in [0.25, 0.3) is 0 Å². The number of unbranched alkanes of at least 4 members (excludes halogenated alkanes) is 2. The summed E-state index contributed by atoms with van der Waals surface area (Å²) in [5.74, 6) is -9.94. The normalized spacial score (nSPS) is 16.7. The number of aliphatic imine (C=N–C) groups is 1. The first-order valence-corrected chi connectivity index (χ1v) is 24.0. The number of hydrogen-bond donors (Lipinski definition) is 15. The number of carbonyl (C=O) groups excluding carboxylic acids is 8. The Morgan fingerprint density at radius 3 is 1.50 bits per heavy atom. The van der Waals surface area contributed by atoms with Gasteiger partial charge in [0.05, 0.1) is 12.5 Å². The summed E-state index contributed by atoms with van der Waals surface area (Å²) in [6.07, 6.45) is 2.48. The molecular weight excluding hydrogens is 917 g/mol. The van der Waals surface area contributed by atoms with Gasteiger partial charge in [0, 0.05) is 6.54 Å². The van der Waals surface area contributed by atoms with Crippen LogP contribution in [-0.4, -0.2) is 156 Å². The number of carboxylic acid groups (broad SMARTS) is 2. The Morgan fingerprint density at radius 1 is 0.571 bits per heavy atom. The number of guanidine groups is 1. The van der Waals surface area contributed by atoms with Gasteiger partial charge in [-0.05, 0) is 116 Å². The number of carboxylic acids is 2. The van der Waals surface area contributed by atoms with E-state index >= 15 is 0 Å². The zero-order valence-corrected chi connectivity index (χ0v) is 41.4. The third kappa shape index (κ3) is 23.9. The highest BCUT2D eigenvalue weighted by molar-refractivity contribution is 5.98. The molecule has 8 amide bonds. The lowest BCUT2D eigenvalue weighted by Gasteiger charge is -2.29. The van der Waals surface area contributed by atoms with Gasteiger partial charge in [0.2, 0.25) is 47.3 Å². The van der Waals surface area contributed by atoms with Gasteiger partial charge in [0.1, 0.15) is 48.3 Å². The van der Waals surface area contributed by atoms with E-state index in [4.69, 9.17) is 28.0 Å². The molecule has 26 heteroatoms. The summed E-state index contributed by atoms with van der Waals surface area (Å²) in [5.41, 5.74) is 22.4. The summed E-state index contributed by atoms with van der Waals surface area (Å²) in [6, 6.07) is -10.8. The second-order valence-electron chi connectivity index (χ2n) is 18.2. The van der Waals surface area contributed by atoms with Gasteiger partial charge in [-0.2, -0.15) is 0 Å². The van der Waals surface area contributed by atoms with Gasteiger partial charge in [0.15, 0.2) is 5.96 Å². The van der Waals surface area contributed by atoms with Crippen molar-refractivity contribution in [2.24, 2.45) is 39.8 Å². The maximum Gasteiger partial charge on any atom is 0.326 e. The zero-order valence-electron chi connectivity index (χ0n) is 41.4. The molecule has 1 heterocycles. The molecule has 0 unspecified atom stereocenters. The standard InChI is InChI=1S/C44H80N14O12/c1-23(2)21-31(41(67)57-32(43(69)70)22-33(59)60)56-39(65)29(14-8-10-18-46)55-42(68)34(24(3)4)58-40(66)30(16-12-20-50-44(47)48)54-38(64)28(13-7-9-17-45)53-36(62)26(6)51-35(61)25(5)52-37(63)27-15-11-19-49-27/h23-32,34,49H,7-22,45-46H2,1-6H3,(H,51,61)(H,52,63)(H,53,62)(H,54,64)(H,55,68)(H,56,65)(H,57,67)(H,58,66)(H,59,60)(H,69,70)(H4,47,48,50)/t25-,26-,27-,28-,29-,30-,31-,32-,34-/m0/s1. The van der Waals surface area contributed by atoms with Gasteiger partial charge in [-0.1, -0.05) is 27.7 Å². The molecule has 26 nitrogen and oxygen atoms in total. The molecule has 1 aliphatic rings. The molecule has 398 valence electrons. The minimum atomic E-state index is -1.79. The van der Waals surface area contributed by atoms with Crippen LogP contribution < -0.4 is 70.8 Å². The molecule has 0 saturated carbocycles. The molecule has 1 fully saturated rings. The van der Waals surface area contributed by atoms with Gasteiger partial charge in [-0.25, -0.2) is 4.79 Å². The molecule has 1 aliphatic heterocycles. The molecule has 1 rings (SSSR count). The number of nitrogens with one attached hydrogen (secondary N) is 9. The molecule has 0 aromatic rings. The molecule has 70 heavy (non-hydrogen) atoms. The lowest BCUT2D eigenvalue weighted by Crippen LogP contribution is -2.61. The summed E-state index contributed by atoms with van der Waals surface area (Å²) < 4.78 is 0. The predicted molar refractivity (Wildman–Crippen MR) is 258 cm³/mol. The molecular formula is C44H80N14O12. The zero-order chi connectivity index (χ0) is 53.1. The van der Waals surface area contributed by atoms with E-state index in [0.717, 1.165) is 6.42 Å². The van der Waals surface area contributed by atoms with Crippen LogP contribution in [0.2, 0.25) is 0 Å². The first-order valence-electron chi connectivity index (χ1n) is 24.0. The van der Waals surface area contributed by atoms with E-state index in [9.17, 15) is 53.1 Å². The summed E-state index contributed by atoms with van der Waals surface area (Å²) in [4.78, 5) is 135. The fourth-order valence-corrected chi connectivity index (χ4v) is 7.23. The number of rotatable bonds is 34. The summed E-state index contributed by atoms with van der Waals surface area (Å²) in [6.45, 7) is 10.9. The van der Waals surface area contributed by atoms with Crippen molar-refractivity contribution in [2.45, 2.75) is 173 Å². The van der Waals surface area contributed by atoms with Crippen LogP contribution in [0.25, 0.3) is 0 Å². The van der Waals surface area contributed by atoms with Crippen molar-refractivity contribution in [3.8, 4) is 0 Å². The highest BCUT2D eigenvalue weighted by Crippen LogP contribution is 2.12. The van der Waals surface area contributed by atoms with Crippen molar-refractivity contribution in [2.75, 3.05) is 26.2 Å². The van der Waals surface area contributed by atoms with Crippen molar-refractivity contribution < 1.29 is 58.2 Å². The fourth-order valence-electron chi connectivity index (χ4n) is 7.23. The average molecular weight is 997 g/mol. The Hall–Kier alpha value is -6.15. The van der Waals surface area contributed by atoms with Crippen LogP contribution in [0.3, 0.4) is 0 Å². The second-order valence-corrected chi connectivity index (χ2v) is 18.2. The van der Waals surface area contributed by atoms with Crippen molar-refractivity contribution in [1.29, 1.82) is 0 Å². The van der Waals surface area contributed by atoms with Crippen LogP contribution in [0.4, 0.5) is 0 Å². The summed E-state index contributed by atoms with van der Waals surface area (Å²) in [5, 5.41) is 42.2. The van der Waals surface area contributed by atoms with Gasteiger partial charge in [-0.15, -0.1) is 0 Å². The van der Waals surface area contributed by atoms with Crippen LogP contribution in [0.5, 0.6) is 0 Å². The van der Waals surface area contributed by atoms with E-state index in [0.29, 0.717) is 38.6 Å². The molecule has 9 atom stereocenters. The third-order valence-corrected chi connectivity index (χ3v) is 11.2. The van der Waals surface area contributed by atoms with Crippen LogP contribution >= 0.6 is 0 Å². The lowest BCUT2D eigenvalue weighted by atomic mass is 9.99. The Balaban J connectivity index is 3.36. The van der Waals surface area contributed by atoms with E-state index in [-0.39, 0.29) is 69.5 Å². The van der Waals surface area contributed by atoms with Gasteiger partial charge < -0.3 is 81.0 Å². The number of nitrogens with zero attached hydrogens (tertiary/aromatic N) is 1. The minimum Gasteiger partial charge on any atom is -0.481 e. The van der Waals surface area contributed by atoms with Gasteiger partial charge in [-0.3, -0.25) is 48.1 Å². The first-order chi connectivity index (χ1) is 32.9. The van der Waals surface area contributed by atoms with E-state index in [1.807, 2.05) is 0 Å². The molecule has 0 aromatic carbocycles. The SMILES string of the molecule is CC(C)C[C@H](NC(=O)[C@H](CCCCN)NC(=O)[C@@H](NC(=O)[C@H](CCCN=C(N)N)NC(=O)[C@H](CCCCN)NC(=O)[C@H](C)NC(=O)[C@H](C)NC(=O)[C@@H]1CCCN1)C(C)C)C(=O)N[C@@H](CC(=O)O)C(=O)O. The lowest BCUT2D eigenvalue weighted by molar-refractivity contribution is -0.147. The van der Waals surface area contributed by atoms with Crippen molar-refractivity contribution in [1.82, 2.24) is 47.9 Å². The first kappa shape index (κ1) is 61.9. The Labute approximate surface area is 409 Å². The molecule has 1 saturated heterocycles. The maximum atomic E-state index is 14.1. The largest absolute Gasteiger partial charge is 0.481 e. The Morgan fingerprint density at radius 2 is 1.03 bits per heavy atom. The monoisotopic (exact) mass is 997 g/mol.